The van der Waals surface area contributed by atoms with Gasteiger partial charge in [-0.2, -0.15) is 5.26 Å². The first-order chi connectivity index (χ1) is 9.92. The molecule has 5 heteroatoms. The molecule has 0 saturated carbocycles. The summed E-state index contributed by atoms with van der Waals surface area (Å²) in [6.45, 7) is 3.37. The normalized spacial score (nSPS) is 11.7. The molecule has 1 unspecified atom stereocenters. The van der Waals surface area contributed by atoms with Crippen molar-refractivity contribution >= 4 is 5.69 Å². The Bertz CT molecular complexity index is 723. The predicted octanol–water partition coefficient (Wildman–Crippen LogP) is 3.59. The largest absolute Gasteiger partial charge is 0.508 e. The molecule has 0 aliphatic rings. The van der Waals surface area contributed by atoms with Crippen molar-refractivity contribution in [3.63, 3.8) is 0 Å². The number of nitriles is 1. The van der Waals surface area contributed by atoms with Gasteiger partial charge in [-0.05, 0) is 44.2 Å². The molecule has 108 valence electrons. The van der Waals surface area contributed by atoms with Gasteiger partial charge < -0.3 is 15.5 Å². The molecule has 0 aromatic heterocycles. The maximum Gasteiger partial charge on any atom is 0.129 e. The maximum atomic E-state index is 13.7. The standard InChI is InChI=1S/C16H15FN2O2/c1-9-14(17)5-11(8-18)6-15(9)19-10(2)13-7-12(20)3-4-16(13)21/h3-7,10,19-21H,1-2H3. The number of halogens is 1. The third kappa shape index (κ3) is 3.06. The molecule has 0 bridgehead atoms. The number of hydrogen-bond acceptors (Lipinski definition) is 4. The number of rotatable bonds is 3. The summed E-state index contributed by atoms with van der Waals surface area (Å²) >= 11 is 0. The van der Waals surface area contributed by atoms with Gasteiger partial charge in [-0.15, -0.1) is 0 Å². The predicted molar refractivity (Wildman–Crippen MR) is 77.7 cm³/mol. The van der Waals surface area contributed by atoms with E-state index in [9.17, 15) is 14.6 Å². The molecule has 21 heavy (non-hydrogen) atoms. The minimum atomic E-state index is -0.469. The van der Waals surface area contributed by atoms with Crippen molar-refractivity contribution in [1.29, 1.82) is 5.26 Å². The maximum absolute atomic E-state index is 13.7. The molecule has 2 aromatic rings. The minimum absolute atomic E-state index is 0.0300. The Hall–Kier alpha value is -2.74. The van der Waals surface area contributed by atoms with Gasteiger partial charge in [0, 0.05) is 16.8 Å². The molecule has 0 saturated heterocycles. The number of aromatic hydroxyl groups is 2. The van der Waals surface area contributed by atoms with Crippen LogP contribution in [0.1, 0.15) is 29.7 Å². The van der Waals surface area contributed by atoms with Crippen molar-refractivity contribution in [2.24, 2.45) is 0 Å². The lowest BCUT2D eigenvalue weighted by Crippen LogP contribution is -2.09. The SMILES string of the molecule is Cc1c(F)cc(C#N)cc1NC(C)c1cc(O)ccc1O. The van der Waals surface area contributed by atoms with Crippen LogP contribution in [-0.2, 0) is 0 Å². The van der Waals surface area contributed by atoms with Gasteiger partial charge in [-0.3, -0.25) is 0 Å². The zero-order chi connectivity index (χ0) is 15.6. The number of phenols is 2. The third-order valence-corrected chi connectivity index (χ3v) is 3.32. The summed E-state index contributed by atoms with van der Waals surface area (Å²) < 4.78 is 13.7. The summed E-state index contributed by atoms with van der Waals surface area (Å²) in [6, 6.07) is 8.47. The van der Waals surface area contributed by atoms with Gasteiger partial charge in [0.1, 0.15) is 17.3 Å². The van der Waals surface area contributed by atoms with Gasteiger partial charge in [-0.25, -0.2) is 4.39 Å². The van der Waals surface area contributed by atoms with E-state index in [4.69, 9.17) is 5.26 Å². The van der Waals surface area contributed by atoms with Crippen molar-refractivity contribution in [1.82, 2.24) is 0 Å². The Morgan fingerprint density at radius 3 is 2.62 bits per heavy atom. The second-order valence-corrected chi connectivity index (χ2v) is 4.85. The molecule has 0 aliphatic carbocycles. The number of nitrogens with zero attached hydrogens (tertiary/aromatic N) is 1. The first-order valence-corrected chi connectivity index (χ1v) is 6.41. The van der Waals surface area contributed by atoms with E-state index in [0.717, 1.165) is 0 Å². The Morgan fingerprint density at radius 1 is 1.24 bits per heavy atom. The molecule has 2 aromatic carbocycles. The quantitative estimate of drug-likeness (QED) is 0.754. The van der Waals surface area contributed by atoms with Crippen LogP contribution in [0.5, 0.6) is 11.5 Å². The summed E-state index contributed by atoms with van der Waals surface area (Å²) in [5.74, 6) is -0.406. The van der Waals surface area contributed by atoms with Crippen LogP contribution in [0.3, 0.4) is 0 Å². The zero-order valence-electron chi connectivity index (χ0n) is 11.7. The van der Waals surface area contributed by atoms with E-state index in [1.165, 1.54) is 24.3 Å². The number of benzene rings is 2. The van der Waals surface area contributed by atoms with Crippen LogP contribution < -0.4 is 5.32 Å². The van der Waals surface area contributed by atoms with E-state index in [0.29, 0.717) is 16.8 Å². The fourth-order valence-electron chi connectivity index (χ4n) is 2.09. The lowest BCUT2D eigenvalue weighted by molar-refractivity contribution is 0.451. The highest BCUT2D eigenvalue weighted by atomic mass is 19.1. The lowest BCUT2D eigenvalue weighted by atomic mass is 10.0. The van der Waals surface area contributed by atoms with E-state index >= 15 is 0 Å². The topological polar surface area (TPSA) is 76.3 Å². The van der Waals surface area contributed by atoms with Crippen molar-refractivity contribution < 1.29 is 14.6 Å². The average Bonchev–Trinajstić information content (AvgIpc) is 2.46. The van der Waals surface area contributed by atoms with Gasteiger partial charge in [0.15, 0.2) is 0 Å². The number of phenolic OH excluding ortho intramolecular Hbond substituents is 2. The number of anilines is 1. The highest BCUT2D eigenvalue weighted by Crippen LogP contribution is 2.31. The first-order valence-electron chi connectivity index (χ1n) is 6.41. The van der Waals surface area contributed by atoms with Crippen LogP contribution in [0.2, 0.25) is 0 Å². The molecule has 1 atom stereocenters. The van der Waals surface area contributed by atoms with Crippen molar-refractivity contribution in [2.45, 2.75) is 19.9 Å². The molecular weight excluding hydrogens is 271 g/mol. The molecular formula is C16H15FN2O2. The number of nitrogens with one attached hydrogen (secondary N) is 1. The fraction of sp³-hybridized carbons (Fsp3) is 0.188. The van der Waals surface area contributed by atoms with Gasteiger partial charge in [0.2, 0.25) is 0 Å². The average molecular weight is 286 g/mol. The molecule has 0 amide bonds. The van der Waals surface area contributed by atoms with Gasteiger partial charge >= 0.3 is 0 Å². The summed E-state index contributed by atoms with van der Waals surface area (Å²) in [4.78, 5) is 0. The third-order valence-electron chi connectivity index (χ3n) is 3.32. The van der Waals surface area contributed by atoms with Crippen LogP contribution in [0.4, 0.5) is 10.1 Å². The summed E-state index contributed by atoms with van der Waals surface area (Å²) in [7, 11) is 0. The molecule has 4 nitrogen and oxygen atoms in total. The van der Waals surface area contributed by atoms with Crippen LogP contribution in [0, 0.1) is 24.1 Å². The Morgan fingerprint density at radius 2 is 1.95 bits per heavy atom. The Balaban J connectivity index is 2.36. The Kier molecular flexibility index (Phi) is 3.99. The second-order valence-electron chi connectivity index (χ2n) is 4.85. The van der Waals surface area contributed by atoms with E-state index in [2.05, 4.69) is 5.32 Å². The van der Waals surface area contributed by atoms with Crippen LogP contribution >= 0.6 is 0 Å². The molecule has 3 N–H and O–H groups in total. The molecule has 2 rings (SSSR count). The summed E-state index contributed by atoms with van der Waals surface area (Å²) in [5, 5.41) is 31.3. The van der Waals surface area contributed by atoms with Crippen LogP contribution in [0.15, 0.2) is 30.3 Å². The fourth-order valence-corrected chi connectivity index (χ4v) is 2.09. The van der Waals surface area contributed by atoms with Gasteiger partial charge in [-0.1, -0.05) is 0 Å². The van der Waals surface area contributed by atoms with Gasteiger partial charge in [0.05, 0.1) is 17.7 Å². The van der Waals surface area contributed by atoms with E-state index in [-0.39, 0.29) is 23.1 Å². The van der Waals surface area contributed by atoms with Crippen LogP contribution in [0.25, 0.3) is 0 Å². The van der Waals surface area contributed by atoms with E-state index in [1.807, 2.05) is 6.07 Å². The van der Waals surface area contributed by atoms with Crippen molar-refractivity contribution in [3.05, 3.63) is 52.8 Å². The van der Waals surface area contributed by atoms with Gasteiger partial charge in [0.25, 0.3) is 0 Å². The Labute approximate surface area is 122 Å². The molecule has 0 fully saturated rings. The highest BCUT2D eigenvalue weighted by molar-refractivity contribution is 5.57. The van der Waals surface area contributed by atoms with Crippen molar-refractivity contribution in [3.8, 4) is 17.6 Å². The molecule has 0 aliphatic heterocycles. The first kappa shape index (κ1) is 14.7. The van der Waals surface area contributed by atoms with Crippen LogP contribution in [-0.4, -0.2) is 10.2 Å². The monoisotopic (exact) mass is 286 g/mol. The zero-order valence-corrected chi connectivity index (χ0v) is 11.7. The van der Waals surface area contributed by atoms with E-state index in [1.54, 1.807) is 19.9 Å². The van der Waals surface area contributed by atoms with E-state index < -0.39 is 5.82 Å². The molecule has 0 spiro atoms. The molecule has 0 radical (unpaired) electrons. The number of hydrogen-bond donors (Lipinski definition) is 3. The molecule has 0 heterocycles. The van der Waals surface area contributed by atoms with Crippen molar-refractivity contribution in [2.75, 3.05) is 5.32 Å². The second kappa shape index (κ2) is 5.71. The highest BCUT2D eigenvalue weighted by Gasteiger charge is 2.14. The smallest absolute Gasteiger partial charge is 0.129 e. The summed E-state index contributed by atoms with van der Waals surface area (Å²) in [6.07, 6.45) is 0. The summed E-state index contributed by atoms with van der Waals surface area (Å²) in [5.41, 5.74) is 1.56. The lowest BCUT2D eigenvalue weighted by Gasteiger charge is -2.19. The minimum Gasteiger partial charge on any atom is -0.508 e.